The van der Waals surface area contributed by atoms with Crippen molar-refractivity contribution >= 4 is 125 Å². The summed E-state index contributed by atoms with van der Waals surface area (Å²) in [5.74, 6) is 2.01. The van der Waals surface area contributed by atoms with Gasteiger partial charge < -0.3 is 24.2 Å². The molecule has 0 unspecified atom stereocenters. The standard InChI is InChI=1S/C29H20NO.C27H24NO.C27H24NS.C11H20O2.2C5H8O2.3Ir/c1-18-12-19(2)14-21(13-18)26-16-23(20-8-4-3-5-9-20)24-15-25-22-10-6-7-11-28(22)31-29(25)17-27(24)30-26;2*1-16(2)9-19-13-24(20-11-17(3)10-18(4)12-20)28-25-15-27-23(14-22(19)25)21-7-5-6-8-26(21)29-27;1-8(2)5-10(12)7-11(13)6-9(3)4;2*1-4(6)3-5(2)7;;;/h3-13,15-17H,1-2H3;2*5-8,10-11,13-16H,9H2,1-4H3;7-9,12H,5-6H2,1-4H3;2*3,6H,1-2H3;;;/q3*-1;;;;;;. The normalized spacial score (nSPS) is 11.5. The van der Waals surface area contributed by atoms with E-state index in [1.165, 1.54) is 116 Å². The third kappa shape index (κ3) is 25.2. The van der Waals surface area contributed by atoms with Gasteiger partial charge in [-0.25, -0.2) is 0 Å². The largest absolute Gasteiger partial charge is 0.512 e. The van der Waals surface area contributed by atoms with Crippen molar-refractivity contribution in [1.82, 2.24) is 15.0 Å². The topological polar surface area (TPSA) is 177 Å². The maximum absolute atomic E-state index is 11.2. The Morgan fingerprint density at radius 3 is 1.18 bits per heavy atom. The molecule has 3 N–H and O–H groups in total. The molecule has 6 heterocycles. The summed E-state index contributed by atoms with van der Waals surface area (Å²) >= 11 is 1.86. The number of carbonyl (C=O) groups excluding carboxylic acids is 3. The summed E-state index contributed by atoms with van der Waals surface area (Å²) in [5, 5.41) is 36.9. The van der Waals surface area contributed by atoms with Crippen LogP contribution in [0.4, 0.5) is 0 Å². The first-order valence-electron chi connectivity index (χ1n) is 39.8. The number of aliphatic hydroxyl groups excluding tert-OH is 3. The van der Waals surface area contributed by atoms with Crippen molar-refractivity contribution in [3.8, 4) is 44.9 Å². The van der Waals surface area contributed by atoms with Crippen molar-refractivity contribution in [2.75, 3.05) is 0 Å². The van der Waals surface area contributed by atoms with Crippen LogP contribution in [0.1, 0.15) is 140 Å². The molecular weight excluding hydrogens is 2030 g/mol. The molecule has 619 valence electrons. The summed E-state index contributed by atoms with van der Waals surface area (Å²) in [7, 11) is 0. The fourth-order valence-corrected chi connectivity index (χ4v) is 15.9. The Hall–Kier alpha value is -10.2. The van der Waals surface area contributed by atoms with Crippen LogP contribution in [0, 0.1) is 83.4 Å². The predicted molar refractivity (Wildman–Crippen MR) is 485 cm³/mol. The van der Waals surface area contributed by atoms with Crippen molar-refractivity contribution in [2.24, 2.45) is 23.7 Å². The number of furan rings is 2. The van der Waals surface area contributed by atoms with Crippen LogP contribution in [0.25, 0.3) is 142 Å². The van der Waals surface area contributed by atoms with Gasteiger partial charge >= 0.3 is 0 Å². The van der Waals surface area contributed by atoms with Crippen LogP contribution in [0.5, 0.6) is 0 Å². The first kappa shape index (κ1) is 94.3. The Bertz CT molecular complexity index is 6110. The number of hydrogen-bond acceptors (Lipinski definition) is 12. The minimum Gasteiger partial charge on any atom is -0.512 e. The SMILES string of the molecule is CC(=O)C=C(C)O.CC(=O)C=C(C)O.CC(C)CC(=O)C=C(O)CC(C)C.Cc1[c-]c(-c2cc(-c3ccccc3)c3cc4c(cc3n2)oc2ccccc24)cc(C)c1.Cc1[c-]c(-c2cc(CC(C)C)c3cc4c(cc3n2)oc2ccccc24)cc(C)c1.Cc1[c-]c(-c2cc(CC(C)C)c3cc4c(cc3n2)sc2ccccc24)cc(C)c1.[Ir].[Ir].[Ir]. The third-order valence-corrected chi connectivity index (χ3v) is 20.2. The van der Waals surface area contributed by atoms with Gasteiger partial charge in [-0.2, -0.15) is 0 Å². The van der Waals surface area contributed by atoms with Crippen LogP contribution >= 0.6 is 11.3 Å². The van der Waals surface area contributed by atoms with E-state index in [0.29, 0.717) is 36.5 Å². The first-order valence-corrected chi connectivity index (χ1v) is 40.6. The number of aryl methyl sites for hydroxylation is 6. The van der Waals surface area contributed by atoms with E-state index in [2.05, 4.69) is 251 Å². The molecule has 3 radical (unpaired) electrons. The number of fused-ring (bicyclic) bond motifs is 12. The maximum atomic E-state index is 11.2. The molecule has 0 saturated heterocycles. The number of nitrogens with zero attached hydrogens (tertiary/aromatic N) is 3. The molecule has 119 heavy (non-hydrogen) atoms. The number of para-hydroxylation sites is 2. The quantitative estimate of drug-likeness (QED) is 0.0506. The number of hydrogen-bond donors (Lipinski definition) is 3. The molecule has 10 aromatic carbocycles. The average Bonchev–Trinajstić information content (AvgIpc) is 1.71. The Morgan fingerprint density at radius 1 is 0.378 bits per heavy atom. The van der Waals surface area contributed by atoms with Crippen molar-refractivity contribution in [1.29, 1.82) is 0 Å². The van der Waals surface area contributed by atoms with Crippen LogP contribution in [-0.2, 0) is 87.5 Å². The van der Waals surface area contributed by atoms with Gasteiger partial charge in [-0.1, -0.05) is 200 Å². The molecule has 0 aliphatic heterocycles. The zero-order valence-electron chi connectivity index (χ0n) is 71.0. The number of ketones is 3. The van der Waals surface area contributed by atoms with Crippen molar-refractivity contribution in [2.45, 2.75) is 150 Å². The summed E-state index contributed by atoms with van der Waals surface area (Å²) in [6.07, 6.45) is 6.86. The fraction of sp³-hybridized carbons (Fsp3) is 0.250. The molecule has 15 heteroatoms. The number of carbonyl (C=O) groups is 3. The predicted octanol–water partition coefficient (Wildman–Crippen LogP) is 28.3. The van der Waals surface area contributed by atoms with Gasteiger partial charge in [0.05, 0.1) is 33.8 Å². The van der Waals surface area contributed by atoms with E-state index in [4.69, 9.17) is 34.0 Å². The first-order chi connectivity index (χ1) is 55.3. The number of pyridine rings is 3. The Labute approximate surface area is 744 Å². The van der Waals surface area contributed by atoms with Crippen LogP contribution < -0.4 is 0 Å². The molecule has 11 nitrogen and oxygen atoms in total. The molecule has 0 aliphatic carbocycles. The summed E-state index contributed by atoms with van der Waals surface area (Å²) in [6.45, 7) is 35.4. The van der Waals surface area contributed by atoms with Gasteiger partial charge in [0.15, 0.2) is 17.3 Å². The van der Waals surface area contributed by atoms with Gasteiger partial charge in [0, 0.05) is 161 Å². The van der Waals surface area contributed by atoms with E-state index >= 15 is 0 Å². The molecule has 0 spiro atoms. The second-order valence-electron chi connectivity index (χ2n) is 32.2. The number of aliphatic hydroxyl groups is 3. The molecule has 0 amide bonds. The number of allylic oxidation sites excluding steroid dienone is 6. The molecule has 16 aromatic rings. The number of rotatable bonds is 15. The second-order valence-corrected chi connectivity index (χ2v) is 33.3. The number of benzene rings is 10. The molecule has 6 aromatic heterocycles. The second kappa shape index (κ2) is 42.7. The molecule has 16 rings (SSSR count). The van der Waals surface area contributed by atoms with Crippen molar-refractivity contribution in [3.63, 3.8) is 0 Å². The van der Waals surface area contributed by atoms with Gasteiger partial charge in [0.25, 0.3) is 0 Å². The van der Waals surface area contributed by atoms with Crippen molar-refractivity contribution < 1.29 is 98.9 Å². The molecular formula is C104H104Ir3N3O8S-3. The summed E-state index contributed by atoms with van der Waals surface area (Å²) in [5.41, 5.74) is 24.8. The monoisotopic (exact) mass is 2130 g/mol. The molecule has 0 aliphatic rings. The van der Waals surface area contributed by atoms with Gasteiger partial charge in [-0.15, -0.1) is 116 Å². The maximum Gasteiger partial charge on any atom is 0.159 e. The smallest absolute Gasteiger partial charge is 0.159 e. The molecule has 0 bridgehead atoms. The van der Waals surface area contributed by atoms with E-state index in [-0.39, 0.29) is 94.9 Å². The van der Waals surface area contributed by atoms with Crippen LogP contribution in [0.3, 0.4) is 0 Å². The minimum absolute atomic E-state index is 0. The van der Waals surface area contributed by atoms with Crippen LogP contribution in [-0.4, -0.2) is 47.6 Å². The van der Waals surface area contributed by atoms with E-state index in [9.17, 15) is 19.5 Å². The van der Waals surface area contributed by atoms with Gasteiger partial charge in [0.1, 0.15) is 22.3 Å². The Morgan fingerprint density at radius 2 is 0.765 bits per heavy atom. The minimum atomic E-state index is -0.125. The fourth-order valence-electron chi connectivity index (χ4n) is 14.8. The van der Waals surface area contributed by atoms with E-state index < -0.39 is 0 Å². The number of aromatic nitrogens is 3. The summed E-state index contributed by atoms with van der Waals surface area (Å²) < 4.78 is 14.9. The van der Waals surface area contributed by atoms with Gasteiger partial charge in [-0.05, 0) is 146 Å². The van der Waals surface area contributed by atoms with Crippen molar-refractivity contribution in [3.05, 3.63) is 292 Å². The van der Waals surface area contributed by atoms with Crippen LogP contribution in [0.2, 0.25) is 0 Å². The molecule has 0 saturated carbocycles. The van der Waals surface area contributed by atoms with Gasteiger partial charge in [-0.3, -0.25) is 29.3 Å². The van der Waals surface area contributed by atoms with Gasteiger partial charge in [0.2, 0.25) is 0 Å². The van der Waals surface area contributed by atoms with E-state index in [1.54, 1.807) is 0 Å². The average molecular weight is 2130 g/mol. The van der Waals surface area contributed by atoms with Crippen LogP contribution in [0.15, 0.2) is 238 Å². The summed E-state index contributed by atoms with van der Waals surface area (Å²) in [4.78, 5) is 46.4. The zero-order valence-corrected chi connectivity index (χ0v) is 79.0. The van der Waals surface area contributed by atoms with E-state index in [1.807, 2.05) is 69.4 Å². The molecule has 0 atom stereocenters. The Balaban J connectivity index is 0.000000191. The number of thiophene rings is 1. The van der Waals surface area contributed by atoms with E-state index in [0.717, 1.165) is 129 Å². The third-order valence-electron chi connectivity index (χ3n) is 19.1. The Kier molecular flexibility index (Phi) is 33.8. The molecule has 0 fully saturated rings. The zero-order chi connectivity index (χ0) is 83.3. The summed E-state index contributed by atoms with van der Waals surface area (Å²) in [6, 6.07) is 79.1.